The monoisotopic (exact) mass is 417 g/mol. The van der Waals surface area contributed by atoms with Gasteiger partial charge in [0.15, 0.2) is 5.13 Å². The third kappa shape index (κ3) is 3.52. The van der Waals surface area contributed by atoms with Crippen molar-refractivity contribution in [3.05, 3.63) is 76.3 Å². The fraction of sp³-hybridized carbons (Fsp3) is 0.292. The standard InChI is InChI=1S/C24H23N3O2S/c28-22(17-9-2-1-3-10-17)26-24-25-21-18(12-6-14-20(21)30-24)23(29)27-15-7-11-16-8-4-5-13-19(16)27/h1-5,8-10,13,18H,6-7,11-12,14-15H2,(H,25,26,28). The van der Waals surface area contributed by atoms with E-state index in [1.165, 1.54) is 16.9 Å². The van der Waals surface area contributed by atoms with Gasteiger partial charge >= 0.3 is 0 Å². The average molecular weight is 418 g/mol. The zero-order valence-corrected chi connectivity index (χ0v) is 17.5. The summed E-state index contributed by atoms with van der Waals surface area (Å²) in [4.78, 5) is 33.8. The Kier molecular flexibility index (Phi) is 5.09. The molecule has 5 nitrogen and oxygen atoms in total. The molecule has 0 saturated carbocycles. The van der Waals surface area contributed by atoms with Gasteiger partial charge in [0.25, 0.3) is 5.91 Å². The van der Waals surface area contributed by atoms with Crippen LogP contribution in [0.15, 0.2) is 54.6 Å². The van der Waals surface area contributed by atoms with Crippen LogP contribution in [0.3, 0.4) is 0 Å². The summed E-state index contributed by atoms with van der Waals surface area (Å²) < 4.78 is 0. The second kappa shape index (κ2) is 8.03. The molecule has 2 amide bonds. The smallest absolute Gasteiger partial charge is 0.257 e. The van der Waals surface area contributed by atoms with Crippen LogP contribution in [-0.4, -0.2) is 23.3 Å². The first kappa shape index (κ1) is 19.0. The Morgan fingerprint density at radius 1 is 1.00 bits per heavy atom. The van der Waals surface area contributed by atoms with Crippen LogP contribution in [0.2, 0.25) is 0 Å². The van der Waals surface area contributed by atoms with Crippen molar-refractivity contribution in [2.75, 3.05) is 16.8 Å². The molecule has 1 aliphatic heterocycles. The molecule has 30 heavy (non-hydrogen) atoms. The number of carbonyl (C=O) groups is 2. The van der Waals surface area contributed by atoms with E-state index in [1.54, 1.807) is 12.1 Å². The summed E-state index contributed by atoms with van der Waals surface area (Å²) in [5.41, 5.74) is 3.72. The van der Waals surface area contributed by atoms with Crippen LogP contribution in [0.1, 0.15) is 51.7 Å². The Balaban J connectivity index is 1.40. The highest BCUT2D eigenvalue weighted by molar-refractivity contribution is 7.16. The van der Waals surface area contributed by atoms with Crippen molar-refractivity contribution in [3.8, 4) is 0 Å². The SMILES string of the molecule is O=C(Nc1nc2c(s1)CCCC2C(=O)N1CCCc2ccccc21)c1ccccc1. The largest absolute Gasteiger partial charge is 0.312 e. The molecule has 1 atom stereocenters. The normalized spacial score (nSPS) is 17.7. The lowest BCUT2D eigenvalue weighted by Crippen LogP contribution is -2.39. The van der Waals surface area contributed by atoms with Gasteiger partial charge in [0, 0.05) is 22.7 Å². The van der Waals surface area contributed by atoms with E-state index >= 15 is 0 Å². The highest BCUT2D eigenvalue weighted by Gasteiger charge is 2.35. The molecular weight excluding hydrogens is 394 g/mol. The second-order valence-corrected chi connectivity index (χ2v) is 8.90. The third-order valence-corrected chi connectivity index (χ3v) is 6.93. The molecule has 0 spiro atoms. The fourth-order valence-corrected chi connectivity index (χ4v) is 5.48. The lowest BCUT2D eigenvalue weighted by molar-refractivity contribution is -0.120. The van der Waals surface area contributed by atoms with E-state index < -0.39 is 0 Å². The number of fused-ring (bicyclic) bond motifs is 2. The molecule has 2 aromatic carbocycles. The van der Waals surface area contributed by atoms with Crippen molar-refractivity contribution in [2.45, 2.75) is 38.0 Å². The number of anilines is 2. The first-order valence-electron chi connectivity index (χ1n) is 10.5. The number of benzene rings is 2. The summed E-state index contributed by atoms with van der Waals surface area (Å²) in [6, 6.07) is 17.3. The van der Waals surface area contributed by atoms with E-state index in [-0.39, 0.29) is 17.7 Å². The molecule has 6 heteroatoms. The lowest BCUT2D eigenvalue weighted by Gasteiger charge is -2.33. The molecule has 1 aliphatic carbocycles. The van der Waals surface area contributed by atoms with E-state index in [4.69, 9.17) is 4.98 Å². The Morgan fingerprint density at radius 2 is 1.80 bits per heavy atom. The molecule has 0 radical (unpaired) electrons. The van der Waals surface area contributed by atoms with Gasteiger partial charge in [0.05, 0.1) is 11.6 Å². The number of aryl methyl sites for hydroxylation is 2. The molecular formula is C24H23N3O2S. The fourth-order valence-electron chi connectivity index (χ4n) is 4.42. The van der Waals surface area contributed by atoms with Gasteiger partial charge in [-0.05, 0) is 55.9 Å². The molecule has 3 aromatic rings. The first-order valence-corrected chi connectivity index (χ1v) is 11.3. The van der Waals surface area contributed by atoms with Crippen molar-refractivity contribution in [3.63, 3.8) is 0 Å². The molecule has 0 saturated heterocycles. The highest BCUT2D eigenvalue weighted by Crippen LogP contribution is 2.39. The van der Waals surface area contributed by atoms with E-state index in [2.05, 4.69) is 11.4 Å². The maximum atomic E-state index is 13.5. The number of amides is 2. The van der Waals surface area contributed by atoms with Crippen LogP contribution in [0.25, 0.3) is 0 Å². The van der Waals surface area contributed by atoms with Gasteiger partial charge in [0.1, 0.15) is 0 Å². The van der Waals surface area contributed by atoms with Crippen LogP contribution in [0.4, 0.5) is 10.8 Å². The predicted molar refractivity (Wildman–Crippen MR) is 119 cm³/mol. The van der Waals surface area contributed by atoms with E-state index in [9.17, 15) is 9.59 Å². The third-order valence-electron chi connectivity index (χ3n) is 5.89. The molecule has 2 heterocycles. The quantitative estimate of drug-likeness (QED) is 0.666. The van der Waals surface area contributed by atoms with Gasteiger partial charge in [-0.25, -0.2) is 4.98 Å². The topological polar surface area (TPSA) is 62.3 Å². The second-order valence-electron chi connectivity index (χ2n) is 7.81. The van der Waals surface area contributed by atoms with Crippen molar-refractivity contribution < 1.29 is 9.59 Å². The molecule has 0 bridgehead atoms. The molecule has 2 aliphatic rings. The van der Waals surface area contributed by atoms with E-state index in [0.717, 1.165) is 54.9 Å². The number of hydrogen-bond donors (Lipinski definition) is 1. The van der Waals surface area contributed by atoms with Gasteiger partial charge in [-0.1, -0.05) is 36.4 Å². The van der Waals surface area contributed by atoms with Gasteiger partial charge in [-0.2, -0.15) is 0 Å². The minimum absolute atomic E-state index is 0.134. The minimum atomic E-state index is -0.237. The number of hydrogen-bond acceptors (Lipinski definition) is 4. The Bertz CT molecular complexity index is 1090. The summed E-state index contributed by atoms with van der Waals surface area (Å²) in [5.74, 6) is -0.276. The number of nitrogens with zero attached hydrogens (tertiary/aromatic N) is 2. The number of thiazole rings is 1. The zero-order valence-electron chi connectivity index (χ0n) is 16.6. The Morgan fingerprint density at radius 3 is 2.67 bits per heavy atom. The maximum absolute atomic E-state index is 13.5. The van der Waals surface area contributed by atoms with Crippen molar-refractivity contribution >= 4 is 34.0 Å². The summed E-state index contributed by atoms with van der Waals surface area (Å²) in [5, 5.41) is 3.49. The number of rotatable bonds is 3. The van der Waals surface area contributed by atoms with E-state index in [0.29, 0.717) is 10.7 Å². The van der Waals surface area contributed by atoms with Crippen molar-refractivity contribution in [1.82, 2.24) is 4.98 Å². The van der Waals surface area contributed by atoms with E-state index in [1.807, 2.05) is 41.3 Å². The van der Waals surface area contributed by atoms with Gasteiger partial charge in [-0.3, -0.25) is 14.9 Å². The van der Waals surface area contributed by atoms with Crippen LogP contribution in [0, 0.1) is 0 Å². The average Bonchev–Trinajstić information content (AvgIpc) is 3.21. The first-order chi connectivity index (χ1) is 14.7. The number of para-hydroxylation sites is 1. The number of nitrogens with one attached hydrogen (secondary N) is 1. The number of carbonyl (C=O) groups excluding carboxylic acids is 2. The highest BCUT2D eigenvalue weighted by atomic mass is 32.1. The van der Waals surface area contributed by atoms with Gasteiger partial charge < -0.3 is 4.90 Å². The van der Waals surface area contributed by atoms with Gasteiger partial charge in [-0.15, -0.1) is 11.3 Å². The summed E-state index contributed by atoms with van der Waals surface area (Å²) >= 11 is 1.50. The molecule has 152 valence electrons. The van der Waals surface area contributed by atoms with Gasteiger partial charge in [0.2, 0.25) is 5.91 Å². The summed E-state index contributed by atoms with van der Waals surface area (Å²) in [7, 11) is 0. The number of aromatic nitrogens is 1. The summed E-state index contributed by atoms with van der Waals surface area (Å²) in [6.45, 7) is 0.753. The minimum Gasteiger partial charge on any atom is -0.312 e. The van der Waals surface area contributed by atoms with Crippen molar-refractivity contribution in [1.29, 1.82) is 0 Å². The molecule has 1 aromatic heterocycles. The van der Waals surface area contributed by atoms with Crippen LogP contribution in [0.5, 0.6) is 0 Å². The van der Waals surface area contributed by atoms with Crippen LogP contribution < -0.4 is 10.2 Å². The van der Waals surface area contributed by atoms with Crippen LogP contribution >= 0.6 is 11.3 Å². The molecule has 1 unspecified atom stereocenters. The lowest BCUT2D eigenvalue weighted by atomic mass is 9.89. The van der Waals surface area contributed by atoms with Crippen LogP contribution in [-0.2, 0) is 17.6 Å². The Labute approximate surface area is 179 Å². The van der Waals surface area contributed by atoms with Crippen molar-refractivity contribution in [2.24, 2.45) is 0 Å². The predicted octanol–water partition coefficient (Wildman–Crippen LogP) is 4.79. The molecule has 5 rings (SSSR count). The zero-order chi connectivity index (χ0) is 20.5. The molecule has 1 N–H and O–H groups in total. The maximum Gasteiger partial charge on any atom is 0.257 e. The Hall–Kier alpha value is -2.99. The summed E-state index contributed by atoms with van der Waals surface area (Å²) in [6.07, 6.45) is 4.68. The molecule has 0 fully saturated rings.